The third-order valence-electron chi connectivity index (χ3n) is 3.78. The van der Waals surface area contributed by atoms with Crippen molar-refractivity contribution in [1.29, 1.82) is 0 Å². The van der Waals surface area contributed by atoms with Crippen molar-refractivity contribution in [2.75, 3.05) is 11.4 Å². The molecule has 2 heterocycles. The molecule has 1 amide bonds. The number of anilines is 1. The molecule has 0 unspecified atom stereocenters. The lowest BCUT2D eigenvalue weighted by atomic mass is 10.1. The topological polar surface area (TPSA) is 75.4 Å². The molecule has 0 fully saturated rings. The molecule has 6 nitrogen and oxygen atoms in total. The number of carboxylic acid groups (broad SMARTS) is 1. The Morgan fingerprint density at radius 3 is 2.86 bits per heavy atom. The van der Waals surface area contributed by atoms with Crippen LogP contribution >= 0.6 is 0 Å². The van der Waals surface area contributed by atoms with Gasteiger partial charge in [0.25, 0.3) is 0 Å². The summed E-state index contributed by atoms with van der Waals surface area (Å²) < 4.78 is 1.77. The van der Waals surface area contributed by atoms with E-state index < -0.39 is 5.97 Å². The molecular weight excluding hydrogens is 270 g/mol. The van der Waals surface area contributed by atoms with E-state index in [1.807, 2.05) is 13.1 Å². The van der Waals surface area contributed by atoms with Gasteiger partial charge >= 0.3 is 5.97 Å². The van der Waals surface area contributed by atoms with Gasteiger partial charge in [0.1, 0.15) is 0 Å². The summed E-state index contributed by atoms with van der Waals surface area (Å²) in [5.74, 6) is -0.974. The molecule has 0 saturated heterocycles. The van der Waals surface area contributed by atoms with Gasteiger partial charge in [-0.1, -0.05) is 6.07 Å². The molecule has 1 aliphatic rings. The number of fused-ring (bicyclic) bond motifs is 1. The second kappa shape index (κ2) is 5.05. The lowest BCUT2D eigenvalue weighted by Crippen LogP contribution is -2.29. The maximum atomic E-state index is 12.1. The van der Waals surface area contributed by atoms with Crippen LogP contribution in [0.15, 0.2) is 30.5 Å². The van der Waals surface area contributed by atoms with Crippen molar-refractivity contribution < 1.29 is 14.7 Å². The molecule has 3 rings (SSSR count). The van der Waals surface area contributed by atoms with Crippen molar-refractivity contribution in [3.8, 4) is 0 Å². The Morgan fingerprint density at radius 2 is 2.19 bits per heavy atom. The Kier molecular flexibility index (Phi) is 3.21. The molecule has 0 atom stereocenters. The number of carbonyl (C=O) groups excluding carboxylic acids is 1. The first-order valence-corrected chi connectivity index (χ1v) is 6.70. The van der Waals surface area contributed by atoms with Gasteiger partial charge in [-0.3, -0.25) is 9.48 Å². The standard InChI is InChI=1S/C15H15N3O3/c1-17-12(4-6-16-17)5-7-18-13-8-11(15(20)21)3-2-10(13)9-14(18)19/h2-4,6,8H,5,7,9H2,1H3,(H,20,21). The molecule has 1 aromatic heterocycles. The Balaban J connectivity index is 1.84. The summed E-state index contributed by atoms with van der Waals surface area (Å²) in [5, 5.41) is 13.2. The zero-order chi connectivity index (χ0) is 15.0. The molecule has 108 valence electrons. The zero-order valence-corrected chi connectivity index (χ0v) is 11.6. The van der Waals surface area contributed by atoms with Gasteiger partial charge < -0.3 is 10.0 Å². The minimum atomic E-state index is -0.983. The average Bonchev–Trinajstić information content (AvgIpc) is 2.98. The normalized spacial score (nSPS) is 13.6. The van der Waals surface area contributed by atoms with Crippen molar-refractivity contribution in [2.45, 2.75) is 12.8 Å². The molecule has 2 aromatic rings. The van der Waals surface area contributed by atoms with E-state index in [1.165, 1.54) is 0 Å². The van der Waals surface area contributed by atoms with Crippen molar-refractivity contribution >= 4 is 17.6 Å². The lowest BCUT2D eigenvalue weighted by Gasteiger charge is -2.17. The highest BCUT2D eigenvalue weighted by Crippen LogP contribution is 2.30. The molecule has 0 saturated carbocycles. The number of rotatable bonds is 4. The quantitative estimate of drug-likeness (QED) is 0.917. The molecule has 0 spiro atoms. The molecule has 1 N–H and O–H groups in total. The molecule has 0 radical (unpaired) electrons. The van der Waals surface area contributed by atoms with Gasteiger partial charge in [0.05, 0.1) is 12.0 Å². The van der Waals surface area contributed by atoms with Crippen molar-refractivity contribution in [2.24, 2.45) is 7.05 Å². The van der Waals surface area contributed by atoms with Gasteiger partial charge in [-0.05, 0) is 23.8 Å². The van der Waals surface area contributed by atoms with Gasteiger partial charge in [0.2, 0.25) is 5.91 Å². The molecule has 1 aromatic carbocycles. The fourth-order valence-electron chi connectivity index (χ4n) is 2.61. The predicted octanol–water partition coefficient (Wildman–Crippen LogP) is 1.25. The summed E-state index contributed by atoms with van der Waals surface area (Å²) in [5.41, 5.74) is 2.83. The highest BCUT2D eigenvalue weighted by atomic mass is 16.4. The molecular formula is C15H15N3O3. The first kappa shape index (κ1) is 13.4. The average molecular weight is 285 g/mol. The maximum Gasteiger partial charge on any atom is 0.335 e. The monoisotopic (exact) mass is 285 g/mol. The molecule has 0 aliphatic carbocycles. The van der Waals surface area contributed by atoms with Gasteiger partial charge in [0, 0.05) is 37.6 Å². The van der Waals surface area contributed by atoms with Crippen LogP contribution < -0.4 is 4.90 Å². The van der Waals surface area contributed by atoms with Crippen molar-refractivity contribution in [3.63, 3.8) is 0 Å². The van der Waals surface area contributed by atoms with Gasteiger partial charge in [0.15, 0.2) is 0 Å². The van der Waals surface area contributed by atoms with Gasteiger partial charge in [-0.2, -0.15) is 5.10 Å². The van der Waals surface area contributed by atoms with E-state index in [4.69, 9.17) is 5.11 Å². The Morgan fingerprint density at radius 1 is 1.38 bits per heavy atom. The zero-order valence-electron chi connectivity index (χ0n) is 11.6. The fraction of sp³-hybridized carbons (Fsp3) is 0.267. The number of carboxylic acids is 1. The van der Waals surface area contributed by atoms with E-state index in [1.54, 1.807) is 34.0 Å². The minimum absolute atomic E-state index is 0.00899. The lowest BCUT2D eigenvalue weighted by molar-refractivity contribution is -0.117. The second-order valence-electron chi connectivity index (χ2n) is 5.07. The third kappa shape index (κ3) is 2.40. The number of hydrogen-bond donors (Lipinski definition) is 1. The first-order valence-electron chi connectivity index (χ1n) is 6.70. The largest absolute Gasteiger partial charge is 0.478 e. The van der Waals surface area contributed by atoms with E-state index in [0.29, 0.717) is 25.1 Å². The van der Waals surface area contributed by atoms with Crippen LogP contribution in [0.4, 0.5) is 5.69 Å². The van der Waals surface area contributed by atoms with Crippen LogP contribution in [-0.4, -0.2) is 33.3 Å². The van der Waals surface area contributed by atoms with E-state index in [-0.39, 0.29) is 11.5 Å². The Bertz CT molecular complexity index is 721. The van der Waals surface area contributed by atoms with Crippen LogP contribution in [0.25, 0.3) is 0 Å². The Labute approximate surface area is 121 Å². The number of nitrogens with zero attached hydrogens (tertiary/aromatic N) is 3. The summed E-state index contributed by atoms with van der Waals surface area (Å²) in [4.78, 5) is 24.8. The van der Waals surface area contributed by atoms with Crippen LogP contribution in [0.2, 0.25) is 0 Å². The maximum absolute atomic E-state index is 12.1. The number of benzene rings is 1. The van der Waals surface area contributed by atoms with E-state index in [0.717, 1.165) is 11.3 Å². The number of amides is 1. The van der Waals surface area contributed by atoms with Crippen LogP contribution in [-0.2, 0) is 24.7 Å². The first-order chi connectivity index (χ1) is 10.1. The van der Waals surface area contributed by atoms with Crippen LogP contribution in [0.5, 0.6) is 0 Å². The molecule has 21 heavy (non-hydrogen) atoms. The van der Waals surface area contributed by atoms with Crippen molar-refractivity contribution in [1.82, 2.24) is 9.78 Å². The number of hydrogen-bond acceptors (Lipinski definition) is 3. The summed E-state index contributed by atoms with van der Waals surface area (Å²) in [7, 11) is 1.86. The number of aromatic nitrogens is 2. The number of carbonyl (C=O) groups is 2. The van der Waals surface area contributed by atoms with Crippen LogP contribution in [0, 0.1) is 0 Å². The number of aryl methyl sites for hydroxylation is 1. The SMILES string of the molecule is Cn1nccc1CCN1C(=O)Cc2ccc(C(=O)O)cc21. The molecule has 1 aliphatic heterocycles. The highest BCUT2D eigenvalue weighted by molar-refractivity contribution is 6.03. The molecule has 0 bridgehead atoms. The third-order valence-corrected chi connectivity index (χ3v) is 3.78. The van der Waals surface area contributed by atoms with E-state index >= 15 is 0 Å². The fourth-order valence-corrected chi connectivity index (χ4v) is 2.61. The Hall–Kier alpha value is -2.63. The smallest absolute Gasteiger partial charge is 0.335 e. The number of aromatic carboxylic acids is 1. The second-order valence-corrected chi connectivity index (χ2v) is 5.07. The van der Waals surface area contributed by atoms with Crippen LogP contribution in [0.3, 0.4) is 0 Å². The van der Waals surface area contributed by atoms with E-state index in [2.05, 4.69) is 5.10 Å². The summed E-state index contributed by atoms with van der Waals surface area (Å²) in [6.45, 7) is 0.522. The molecule has 6 heteroatoms. The summed E-state index contributed by atoms with van der Waals surface area (Å²) >= 11 is 0. The van der Waals surface area contributed by atoms with Gasteiger partial charge in [-0.25, -0.2) is 4.79 Å². The highest BCUT2D eigenvalue weighted by Gasteiger charge is 2.27. The summed E-state index contributed by atoms with van der Waals surface area (Å²) in [6, 6.07) is 6.75. The minimum Gasteiger partial charge on any atom is -0.478 e. The summed E-state index contributed by atoms with van der Waals surface area (Å²) in [6.07, 6.45) is 2.73. The van der Waals surface area contributed by atoms with Crippen LogP contribution in [0.1, 0.15) is 21.6 Å². The van der Waals surface area contributed by atoms with Crippen molar-refractivity contribution in [3.05, 3.63) is 47.3 Å². The van der Waals surface area contributed by atoms with Gasteiger partial charge in [-0.15, -0.1) is 0 Å². The van der Waals surface area contributed by atoms with E-state index in [9.17, 15) is 9.59 Å². The predicted molar refractivity (Wildman–Crippen MR) is 76.4 cm³/mol.